The molecule has 0 aromatic heterocycles. The Kier molecular flexibility index (Phi) is 6.01. The molecule has 0 aliphatic heterocycles. The van der Waals surface area contributed by atoms with Crippen LogP contribution in [0.2, 0.25) is 0 Å². The lowest BCUT2D eigenvalue weighted by atomic mass is 9.93. The van der Waals surface area contributed by atoms with Crippen molar-refractivity contribution in [3.05, 3.63) is 0 Å². The second-order valence-corrected chi connectivity index (χ2v) is 4.80. The highest BCUT2D eigenvalue weighted by molar-refractivity contribution is 5.93. The van der Waals surface area contributed by atoms with Crippen LogP contribution in [-0.2, 0) is 14.3 Å². The van der Waals surface area contributed by atoms with Crippen molar-refractivity contribution < 1.29 is 19.4 Å². The average molecular weight is 242 g/mol. The third-order valence-electron chi connectivity index (χ3n) is 3.37. The van der Waals surface area contributed by atoms with Gasteiger partial charge in [-0.3, -0.25) is 9.59 Å². The minimum Gasteiger partial charge on any atom is -0.481 e. The fourth-order valence-corrected chi connectivity index (χ4v) is 2.29. The molecular weight excluding hydrogens is 220 g/mol. The van der Waals surface area contributed by atoms with Crippen LogP contribution in [0.25, 0.3) is 0 Å². The maximum atomic E-state index is 11.6. The lowest BCUT2D eigenvalue weighted by Gasteiger charge is -2.15. The molecule has 0 aromatic carbocycles. The molecule has 1 rings (SSSR count). The van der Waals surface area contributed by atoms with E-state index in [-0.39, 0.29) is 0 Å². The maximum Gasteiger partial charge on any atom is 0.320 e. The summed E-state index contributed by atoms with van der Waals surface area (Å²) in [5.41, 5.74) is 0. The van der Waals surface area contributed by atoms with Crippen molar-refractivity contribution >= 4 is 11.9 Å². The van der Waals surface area contributed by atoms with Crippen LogP contribution in [0.4, 0.5) is 0 Å². The summed E-state index contributed by atoms with van der Waals surface area (Å²) in [7, 11) is 0. The van der Waals surface area contributed by atoms with E-state index in [0.717, 1.165) is 38.5 Å². The Morgan fingerprint density at radius 3 is 2.53 bits per heavy atom. The van der Waals surface area contributed by atoms with Crippen molar-refractivity contribution in [2.75, 3.05) is 6.61 Å². The number of carboxylic acid groups (broad SMARTS) is 1. The van der Waals surface area contributed by atoms with Crippen LogP contribution in [-0.4, -0.2) is 23.7 Å². The lowest BCUT2D eigenvalue weighted by Crippen LogP contribution is -2.28. The standard InChI is InChI=1S/C13H22O4/c1-2-3-8-17-13(16)11(12(14)15)9-10-6-4-5-7-10/h10-11H,2-9H2,1H3,(H,14,15)/t11-/m1/s1. The van der Waals surface area contributed by atoms with Crippen LogP contribution in [0.5, 0.6) is 0 Å². The molecule has 0 heterocycles. The van der Waals surface area contributed by atoms with E-state index < -0.39 is 17.9 Å². The highest BCUT2D eigenvalue weighted by Crippen LogP contribution is 2.30. The van der Waals surface area contributed by atoms with Gasteiger partial charge in [-0.1, -0.05) is 39.0 Å². The largest absolute Gasteiger partial charge is 0.481 e. The van der Waals surface area contributed by atoms with Gasteiger partial charge in [-0.2, -0.15) is 0 Å². The third-order valence-corrected chi connectivity index (χ3v) is 3.37. The molecule has 1 atom stereocenters. The molecule has 0 amide bonds. The first-order chi connectivity index (χ1) is 8.15. The van der Waals surface area contributed by atoms with Crippen molar-refractivity contribution in [1.82, 2.24) is 0 Å². The summed E-state index contributed by atoms with van der Waals surface area (Å²) >= 11 is 0. The number of unbranched alkanes of at least 4 members (excludes halogenated alkanes) is 1. The van der Waals surface area contributed by atoms with E-state index in [1.807, 2.05) is 6.92 Å². The minimum atomic E-state index is -1.04. The molecule has 1 saturated carbocycles. The summed E-state index contributed by atoms with van der Waals surface area (Å²) in [6.07, 6.45) is 6.58. The number of hydrogen-bond donors (Lipinski definition) is 1. The molecule has 0 aromatic rings. The summed E-state index contributed by atoms with van der Waals surface area (Å²) in [6.45, 7) is 2.34. The Labute approximate surface area is 102 Å². The molecule has 0 radical (unpaired) electrons. The summed E-state index contributed by atoms with van der Waals surface area (Å²) in [6, 6.07) is 0. The number of rotatable bonds is 7. The van der Waals surface area contributed by atoms with Crippen molar-refractivity contribution in [1.29, 1.82) is 0 Å². The summed E-state index contributed by atoms with van der Waals surface area (Å²) in [5.74, 6) is -2.18. The fourth-order valence-electron chi connectivity index (χ4n) is 2.29. The van der Waals surface area contributed by atoms with Crippen LogP contribution in [0, 0.1) is 11.8 Å². The van der Waals surface area contributed by atoms with Gasteiger partial charge >= 0.3 is 11.9 Å². The summed E-state index contributed by atoms with van der Waals surface area (Å²) < 4.78 is 5.00. The first-order valence-electron chi connectivity index (χ1n) is 6.54. The number of hydrogen-bond acceptors (Lipinski definition) is 3. The van der Waals surface area contributed by atoms with Crippen LogP contribution < -0.4 is 0 Å². The molecule has 4 nitrogen and oxygen atoms in total. The molecule has 1 fully saturated rings. The first-order valence-corrected chi connectivity index (χ1v) is 6.54. The highest BCUT2D eigenvalue weighted by Gasteiger charge is 2.31. The Bertz CT molecular complexity index is 256. The molecule has 0 unspecified atom stereocenters. The van der Waals surface area contributed by atoms with Crippen LogP contribution >= 0.6 is 0 Å². The van der Waals surface area contributed by atoms with E-state index >= 15 is 0 Å². The lowest BCUT2D eigenvalue weighted by molar-refractivity contribution is -0.159. The van der Waals surface area contributed by atoms with E-state index in [1.54, 1.807) is 0 Å². The number of ether oxygens (including phenoxy) is 1. The van der Waals surface area contributed by atoms with Gasteiger partial charge in [-0.15, -0.1) is 0 Å². The number of carbonyl (C=O) groups is 2. The van der Waals surface area contributed by atoms with E-state index in [4.69, 9.17) is 9.84 Å². The predicted molar refractivity (Wildman–Crippen MR) is 63.6 cm³/mol. The minimum absolute atomic E-state index is 0.337. The smallest absolute Gasteiger partial charge is 0.320 e. The highest BCUT2D eigenvalue weighted by atomic mass is 16.5. The average Bonchev–Trinajstić information content (AvgIpc) is 2.78. The molecule has 4 heteroatoms. The Hall–Kier alpha value is -1.06. The van der Waals surface area contributed by atoms with Gasteiger partial charge in [0.2, 0.25) is 0 Å². The normalized spacial score (nSPS) is 17.9. The van der Waals surface area contributed by atoms with Gasteiger partial charge in [0, 0.05) is 0 Å². The van der Waals surface area contributed by atoms with Crippen molar-refractivity contribution in [2.45, 2.75) is 51.9 Å². The fraction of sp³-hybridized carbons (Fsp3) is 0.846. The molecule has 1 aliphatic carbocycles. The van der Waals surface area contributed by atoms with Crippen molar-refractivity contribution in [2.24, 2.45) is 11.8 Å². The second kappa shape index (κ2) is 7.30. The Morgan fingerprint density at radius 2 is 2.00 bits per heavy atom. The van der Waals surface area contributed by atoms with Gasteiger partial charge in [0.1, 0.15) is 0 Å². The quantitative estimate of drug-likeness (QED) is 0.423. The number of aliphatic carboxylic acids is 1. The molecule has 17 heavy (non-hydrogen) atoms. The van der Waals surface area contributed by atoms with Crippen LogP contribution in [0.15, 0.2) is 0 Å². The number of esters is 1. The zero-order chi connectivity index (χ0) is 12.7. The van der Waals surface area contributed by atoms with E-state index in [9.17, 15) is 9.59 Å². The molecule has 98 valence electrons. The van der Waals surface area contributed by atoms with Gasteiger partial charge in [-0.05, 0) is 18.8 Å². The summed E-state index contributed by atoms with van der Waals surface area (Å²) in [5, 5.41) is 9.06. The monoisotopic (exact) mass is 242 g/mol. The van der Waals surface area contributed by atoms with E-state index in [2.05, 4.69) is 0 Å². The van der Waals surface area contributed by atoms with Crippen molar-refractivity contribution in [3.8, 4) is 0 Å². The van der Waals surface area contributed by atoms with Gasteiger partial charge in [0.25, 0.3) is 0 Å². The third kappa shape index (κ3) is 4.75. The number of carbonyl (C=O) groups excluding carboxylic acids is 1. The van der Waals surface area contributed by atoms with Crippen molar-refractivity contribution in [3.63, 3.8) is 0 Å². The molecule has 0 saturated heterocycles. The SMILES string of the molecule is CCCCOC(=O)[C@H](CC1CCCC1)C(=O)O. The van der Waals surface area contributed by atoms with Gasteiger partial charge < -0.3 is 9.84 Å². The Balaban J connectivity index is 2.40. The summed E-state index contributed by atoms with van der Waals surface area (Å²) in [4.78, 5) is 22.7. The maximum absolute atomic E-state index is 11.6. The molecule has 0 spiro atoms. The zero-order valence-corrected chi connectivity index (χ0v) is 10.5. The van der Waals surface area contributed by atoms with Crippen LogP contribution in [0.1, 0.15) is 51.9 Å². The predicted octanol–water partition coefficient (Wildman–Crippen LogP) is 2.61. The second-order valence-electron chi connectivity index (χ2n) is 4.80. The van der Waals surface area contributed by atoms with E-state index in [0.29, 0.717) is 18.9 Å². The molecule has 0 bridgehead atoms. The van der Waals surface area contributed by atoms with E-state index in [1.165, 1.54) is 0 Å². The number of carboxylic acids is 1. The first kappa shape index (κ1) is 14.0. The van der Waals surface area contributed by atoms with Gasteiger partial charge in [-0.25, -0.2) is 0 Å². The van der Waals surface area contributed by atoms with Gasteiger partial charge in [0.05, 0.1) is 6.61 Å². The topological polar surface area (TPSA) is 63.6 Å². The molecule has 1 aliphatic rings. The molecule has 1 N–H and O–H groups in total. The van der Waals surface area contributed by atoms with Gasteiger partial charge in [0.15, 0.2) is 5.92 Å². The zero-order valence-electron chi connectivity index (χ0n) is 10.5. The molecular formula is C13H22O4. The van der Waals surface area contributed by atoms with Crippen LogP contribution in [0.3, 0.4) is 0 Å². The Morgan fingerprint density at radius 1 is 1.35 bits per heavy atom.